The van der Waals surface area contributed by atoms with Gasteiger partial charge in [-0.15, -0.1) is 0 Å². The quantitative estimate of drug-likeness (QED) is 0.283. The van der Waals surface area contributed by atoms with Crippen LogP contribution in [0.2, 0.25) is 5.02 Å². The van der Waals surface area contributed by atoms with Crippen molar-refractivity contribution >= 4 is 34.5 Å². The van der Waals surface area contributed by atoms with Gasteiger partial charge in [-0.25, -0.2) is 23.5 Å². The molecule has 0 amide bonds. The van der Waals surface area contributed by atoms with Crippen molar-refractivity contribution in [2.24, 2.45) is 0 Å². The van der Waals surface area contributed by atoms with Crippen molar-refractivity contribution in [1.82, 2.24) is 19.5 Å². The predicted octanol–water partition coefficient (Wildman–Crippen LogP) is 3.16. The van der Waals surface area contributed by atoms with E-state index < -0.39 is 29.9 Å². The first-order valence-electron chi connectivity index (χ1n) is 10.8. The molecule has 0 atom stereocenters. The number of hydrogen-bond donors (Lipinski definition) is 2. The van der Waals surface area contributed by atoms with Crippen LogP contribution in [-0.4, -0.2) is 57.2 Å². The third kappa shape index (κ3) is 5.09. The third-order valence-corrected chi connectivity index (χ3v) is 5.59. The average Bonchev–Trinajstić information content (AvgIpc) is 3.21. The van der Waals surface area contributed by atoms with E-state index in [4.69, 9.17) is 35.7 Å². The topological polar surface area (TPSA) is 155 Å². The minimum atomic E-state index is -1.26. The number of hydrogen-bond acceptors (Lipinski definition) is 9. The maximum Gasteiger partial charge on any atom is 0.341 e. The number of aromatic nitrogens is 4. The SMILES string of the molecule is COc1cccc(F)c1COc1cc(-n2c(=O)[nH]c3c(OC)nc(C(C)=O)nc32)c(Cl)cc1OCC(=O)O. The number of rotatable bonds is 10. The molecule has 2 aromatic heterocycles. The van der Waals surface area contributed by atoms with Crippen LogP contribution in [0, 0.1) is 5.82 Å². The number of nitrogens with one attached hydrogen (secondary N) is 1. The second-order valence-corrected chi connectivity index (χ2v) is 8.13. The third-order valence-electron chi connectivity index (χ3n) is 5.28. The fourth-order valence-corrected chi connectivity index (χ4v) is 3.81. The lowest BCUT2D eigenvalue weighted by molar-refractivity contribution is -0.139. The van der Waals surface area contributed by atoms with E-state index in [0.717, 1.165) is 4.57 Å². The van der Waals surface area contributed by atoms with Crippen LogP contribution in [0.4, 0.5) is 4.39 Å². The molecule has 0 saturated carbocycles. The van der Waals surface area contributed by atoms with Gasteiger partial charge in [0.1, 0.15) is 23.7 Å². The highest BCUT2D eigenvalue weighted by Crippen LogP contribution is 2.37. The second-order valence-electron chi connectivity index (χ2n) is 7.72. The number of carbonyl (C=O) groups excluding carboxylic acids is 1. The number of fused-ring (bicyclic) bond motifs is 1. The molecule has 12 nitrogen and oxygen atoms in total. The van der Waals surface area contributed by atoms with Gasteiger partial charge < -0.3 is 24.1 Å². The van der Waals surface area contributed by atoms with E-state index in [2.05, 4.69) is 15.0 Å². The van der Waals surface area contributed by atoms with Crippen LogP contribution < -0.4 is 24.6 Å². The summed E-state index contributed by atoms with van der Waals surface area (Å²) in [7, 11) is 2.68. The Balaban J connectivity index is 1.88. The lowest BCUT2D eigenvalue weighted by atomic mass is 10.2. The van der Waals surface area contributed by atoms with Gasteiger partial charge in [-0.1, -0.05) is 17.7 Å². The minimum Gasteiger partial charge on any atom is -0.496 e. The zero-order valence-electron chi connectivity index (χ0n) is 20.2. The van der Waals surface area contributed by atoms with Gasteiger partial charge in [-0.05, 0) is 12.1 Å². The Morgan fingerprint density at radius 1 is 1.11 bits per heavy atom. The smallest absolute Gasteiger partial charge is 0.341 e. The van der Waals surface area contributed by atoms with E-state index in [1.807, 2.05) is 0 Å². The molecule has 0 aliphatic carbocycles. The summed E-state index contributed by atoms with van der Waals surface area (Å²) in [5, 5.41) is 9.01. The van der Waals surface area contributed by atoms with Crippen LogP contribution in [0.1, 0.15) is 23.1 Å². The van der Waals surface area contributed by atoms with Crippen LogP contribution in [-0.2, 0) is 11.4 Å². The minimum absolute atomic E-state index is 0.0186. The molecule has 0 fully saturated rings. The van der Waals surface area contributed by atoms with Gasteiger partial charge in [-0.2, -0.15) is 4.98 Å². The lowest BCUT2D eigenvalue weighted by Crippen LogP contribution is -2.16. The first-order valence-corrected chi connectivity index (χ1v) is 11.2. The highest BCUT2D eigenvalue weighted by Gasteiger charge is 2.23. The maximum absolute atomic E-state index is 14.5. The number of benzene rings is 2. The molecule has 0 saturated heterocycles. The second kappa shape index (κ2) is 10.8. The number of carbonyl (C=O) groups is 2. The monoisotopic (exact) mass is 546 g/mol. The molecular weight excluding hydrogens is 527 g/mol. The van der Waals surface area contributed by atoms with Crippen LogP contribution in [0.3, 0.4) is 0 Å². The number of halogens is 2. The zero-order chi connectivity index (χ0) is 27.6. The van der Waals surface area contributed by atoms with Gasteiger partial charge in [-0.3, -0.25) is 9.78 Å². The molecular formula is C24H20ClFN4O8. The number of imidazole rings is 1. The van der Waals surface area contributed by atoms with Gasteiger partial charge in [0.05, 0.1) is 30.5 Å². The summed E-state index contributed by atoms with van der Waals surface area (Å²) in [5.41, 5.74) is -0.491. The number of ether oxygens (including phenoxy) is 4. The van der Waals surface area contributed by atoms with Crippen molar-refractivity contribution in [2.45, 2.75) is 13.5 Å². The normalized spacial score (nSPS) is 10.9. The van der Waals surface area contributed by atoms with Gasteiger partial charge in [0.2, 0.25) is 11.7 Å². The summed E-state index contributed by atoms with van der Waals surface area (Å²) in [6, 6.07) is 6.77. The predicted molar refractivity (Wildman–Crippen MR) is 131 cm³/mol. The van der Waals surface area contributed by atoms with E-state index in [-0.39, 0.29) is 63.0 Å². The van der Waals surface area contributed by atoms with E-state index in [1.54, 1.807) is 6.07 Å². The first kappa shape index (κ1) is 26.4. The standard InChI is InChI=1S/C24H20ClFN4O8/c1-11(31)21-28-22-20(23(29-21)36-3)27-24(34)30(22)15-8-18(17(7-13(15)25)38-10-19(32)33)37-9-12-14(26)5-4-6-16(12)35-2/h4-8H,9-10H2,1-3H3,(H,27,34)(H,32,33). The highest BCUT2D eigenvalue weighted by molar-refractivity contribution is 6.32. The molecule has 0 bridgehead atoms. The van der Waals surface area contributed by atoms with Gasteiger partial charge in [0.15, 0.2) is 29.5 Å². The van der Waals surface area contributed by atoms with Crippen LogP contribution >= 0.6 is 11.6 Å². The molecule has 0 aliphatic rings. The molecule has 38 heavy (non-hydrogen) atoms. The van der Waals surface area contributed by atoms with Crippen molar-refractivity contribution in [2.75, 3.05) is 20.8 Å². The molecule has 4 rings (SSSR count). The van der Waals surface area contributed by atoms with Crippen LogP contribution in [0.25, 0.3) is 16.9 Å². The largest absolute Gasteiger partial charge is 0.496 e. The van der Waals surface area contributed by atoms with Crippen molar-refractivity contribution in [1.29, 1.82) is 0 Å². The van der Waals surface area contributed by atoms with Gasteiger partial charge in [0, 0.05) is 19.1 Å². The zero-order valence-corrected chi connectivity index (χ0v) is 21.0. The number of H-pyrrole nitrogens is 1. The van der Waals surface area contributed by atoms with E-state index in [9.17, 15) is 18.8 Å². The number of Topliss-reactive ketones (excluding diaryl/α,β-unsaturated/α-hetero) is 1. The molecule has 2 aromatic carbocycles. The average molecular weight is 547 g/mol. The number of methoxy groups -OCH3 is 2. The van der Waals surface area contributed by atoms with Crippen molar-refractivity contribution in [3.8, 4) is 28.8 Å². The maximum atomic E-state index is 14.5. The van der Waals surface area contributed by atoms with Crippen molar-refractivity contribution in [3.05, 3.63) is 63.0 Å². The molecule has 0 spiro atoms. The summed E-state index contributed by atoms with van der Waals surface area (Å²) in [6.07, 6.45) is 0. The Labute approximate surface area is 218 Å². The summed E-state index contributed by atoms with van der Waals surface area (Å²) < 4.78 is 37.0. The molecule has 198 valence electrons. The fourth-order valence-electron chi connectivity index (χ4n) is 3.57. The first-order chi connectivity index (χ1) is 18.1. The molecule has 14 heteroatoms. The number of ketones is 1. The summed E-state index contributed by atoms with van der Waals surface area (Å²) >= 11 is 6.47. The Hall–Kier alpha value is -4.65. The van der Waals surface area contributed by atoms with Crippen LogP contribution in [0.15, 0.2) is 35.1 Å². The van der Waals surface area contributed by atoms with Crippen molar-refractivity contribution < 1.29 is 38.0 Å². The lowest BCUT2D eigenvalue weighted by Gasteiger charge is -2.16. The molecule has 4 aromatic rings. The molecule has 0 aliphatic heterocycles. The van der Waals surface area contributed by atoms with Gasteiger partial charge >= 0.3 is 11.7 Å². The summed E-state index contributed by atoms with van der Waals surface area (Å²) in [6.45, 7) is 0.183. The Bertz CT molecular complexity index is 1620. The number of carboxylic acid groups (broad SMARTS) is 1. The number of aliphatic carboxylic acids is 1. The Morgan fingerprint density at radius 2 is 1.84 bits per heavy atom. The van der Waals surface area contributed by atoms with Crippen LogP contribution in [0.5, 0.6) is 23.1 Å². The van der Waals surface area contributed by atoms with Crippen molar-refractivity contribution in [3.63, 3.8) is 0 Å². The molecule has 0 radical (unpaired) electrons. The molecule has 2 N–H and O–H groups in total. The van der Waals surface area contributed by atoms with Gasteiger partial charge in [0.25, 0.3) is 0 Å². The summed E-state index contributed by atoms with van der Waals surface area (Å²) in [5.74, 6) is -2.51. The molecule has 0 unspecified atom stereocenters. The summed E-state index contributed by atoms with van der Waals surface area (Å²) in [4.78, 5) is 46.8. The number of nitrogens with zero attached hydrogens (tertiary/aromatic N) is 3. The number of aromatic amines is 1. The molecule has 2 heterocycles. The highest BCUT2D eigenvalue weighted by atomic mass is 35.5. The Morgan fingerprint density at radius 3 is 2.50 bits per heavy atom. The Kier molecular flexibility index (Phi) is 7.48. The number of carboxylic acids is 1. The van der Waals surface area contributed by atoms with E-state index in [0.29, 0.717) is 0 Å². The fraction of sp³-hybridized carbons (Fsp3) is 0.208. The van der Waals surface area contributed by atoms with E-state index in [1.165, 1.54) is 45.4 Å². The van der Waals surface area contributed by atoms with E-state index >= 15 is 0 Å².